The van der Waals surface area contributed by atoms with Crippen LogP contribution in [0.5, 0.6) is 0 Å². The molecule has 1 aliphatic carbocycles. The molecule has 0 bridgehead atoms. The zero-order chi connectivity index (χ0) is 24.3. The van der Waals surface area contributed by atoms with Crippen LogP contribution in [0.2, 0.25) is 0 Å². The van der Waals surface area contributed by atoms with Crippen molar-refractivity contribution in [2.75, 3.05) is 0 Å². The normalized spacial score (nSPS) is 14.6. The standard InChI is InChI=1S/C33H33Br/c1-31(2,3)24-20-26-25-18-13-19-28(34)30(25)33(22-14-9-7-10-15-22,23-16-11-8-12-17-23)29(26)27(21-24)32(4,5)6/h7-21H,1-6H3. The molecule has 0 aliphatic heterocycles. The molecule has 4 aromatic rings. The second-order valence-electron chi connectivity index (χ2n) is 11.6. The smallest absolute Gasteiger partial charge is 0.0622 e. The van der Waals surface area contributed by atoms with E-state index in [-0.39, 0.29) is 10.8 Å². The van der Waals surface area contributed by atoms with Gasteiger partial charge in [-0.25, -0.2) is 0 Å². The molecule has 1 aliphatic rings. The Balaban J connectivity index is 2.07. The molecule has 0 amide bonds. The summed E-state index contributed by atoms with van der Waals surface area (Å²) in [4.78, 5) is 0. The second-order valence-corrected chi connectivity index (χ2v) is 12.4. The van der Waals surface area contributed by atoms with Crippen LogP contribution >= 0.6 is 15.9 Å². The van der Waals surface area contributed by atoms with Gasteiger partial charge in [-0.2, -0.15) is 0 Å². The Bertz CT molecular complexity index is 1310. The summed E-state index contributed by atoms with van der Waals surface area (Å²) in [5.41, 5.74) is 10.5. The lowest BCUT2D eigenvalue weighted by molar-refractivity contribution is 0.557. The molecule has 0 spiro atoms. The summed E-state index contributed by atoms with van der Waals surface area (Å²) in [5, 5.41) is 0. The van der Waals surface area contributed by atoms with E-state index in [1.165, 1.54) is 44.5 Å². The van der Waals surface area contributed by atoms with Gasteiger partial charge in [0.05, 0.1) is 5.41 Å². The highest BCUT2D eigenvalue weighted by Gasteiger charge is 2.50. The monoisotopic (exact) mass is 508 g/mol. The van der Waals surface area contributed by atoms with Gasteiger partial charge in [0.2, 0.25) is 0 Å². The average Bonchev–Trinajstić information content (AvgIpc) is 3.11. The van der Waals surface area contributed by atoms with Crippen molar-refractivity contribution in [1.82, 2.24) is 0 Å². The molecule has 0 saturated heterocycles. The number of hydrogen-bond donors (Lipinski definition) is 0. The summed E-state index contributed by atoms with van der Waals surface area (Å²) in [6.45, 7) is 14.0. The minimum atomic E-state index is -0.397. The molecule has 0 atom stereocenters. The molecule has 5 rings (SSSR count). The lowest BCUT2D eigenvalue weighted by atomic mass is 9.63. The number of hydrogen-bond acceptors (Lipinski definition) is 0. The Morgan fingerprint density at radius 3 is 1.62 bits per heavy atom. The maximum absolute atomic E-state index is 4.01. The van der Waals surface area contributed by atoms with E-state index in [4.69, 9.17) is 0 Å². The van der Waals surface area contributed by atoms with Gasteiger partial charge in [0, 0.05) is 4.47 Å². The van der Waals surface area contributed by atoms with Crippen LogP contribution in [0.1, 0.15) is 74.9 Å². The fraction of sp³-hybridized carbons (Fsp3) is 0.273. The molecule has 0 saturated carbocycles. The second kappa shape index (κ2) is 7.95. The van der Waals surface area contributed by atoms with Crippen LogP contribution in [0.15, 0.2) is 95.5 Å². The van der Waals surface area contributed by atoms with Crippen molar-refractivity contribution in [3.63, 3.8) is 0 Å². The minimum Gasteiger partial charge on any atom is -0.0622 e. The van der Waals surface area contributed by atoms with Gasteiger partial charge < -0.3 is 0 Å². The zero-order valence-corrected chi connectivity index (χ0v) is 22.6. The lowest BCUT2D eigenvalue weighted by Gasteiger charge is -2.38. The highest BCUT2D eigenvalue weighted by molar-refractivity contribution is 9.10. The molecule has 0 fully saturated rings. The van der Waals surface area contributed by atoms with Crippen molar-refractivity contribution >= 4 is 15.9 Å². The summed E-state index contributed by atoms with van der Waals surface area (Å²) in [5.74, 6) is 0. The highest BCUT2D eigenvalue weighted by Crippen LogP contribution is 2.60. The average molecular weight is 510 g/mol. The van der Waals surface area contributed by atoms with E-state index in [1.54, 1.807) is 0 Å². The SMILES string of the molecule is CC(C)(C)c1cc2c(c(C(C)(C)C)c1)C(c1ccccc1)(c1ccccc1)c1c(Br)cccc1-2. The maximum Gasteiger partial charge on any atom is 0.0727 e. The number of fused-ring (bicyclic) bond motifs is 3. The van der Waals surface area contributed by atoms with Crippen molar-refractivity contribution < 1.29 is 0 Å². The van der Waals surface area contributed by atoms with Gasteiger partial charge in [0.1, 0.15) is 0 Å². The molecule has 0 radical (unpaired) electrons. The number of benzene rings is 4. The van der Waals surface area contributed by atoms with Crippen LogP contribution in [0.3, 0.4) is 0 Å². The molecular weight excluding hydrogens is 476 g/mol. The molecule has 1 heteroatoms. The first kappa shape index (κ1) is 23.1. The van der Waals surface area contributed by atoms with Gasteiger partial charge >= 0.3 is 0 Å². The van der Waals surface area contributed by atoms with Gasteiger partial charge in [-0.3, -0.25) is 0 Å². The summed E-state index contributed by atoms with van der Waals surface area (Å²) in [7, 11) is 0. The third kappa shape index (κ3) is 3.40. The van der Waals surface area contributed by atoms with Crippen LogP contribution in [-0.4, -0.2) is 0 Å². The quantitative estimate of drug-likeness (QED) is 0.222. The Hall–Kier alpha value is -2.64. The summed E-state index contributed by atoms with van der Waals surface area (Å²) in [6, 6.07) is 33.8. The molecule has 0 unspecified atom stereocenters. The highest BCUT2D eigenvalue weighted by atomic mass is 79.9. The van der Waals surface area contributed by atoms with Gasteiger partial charge in [-0.1, -0.05) is 142 Å². The Labute approximate surface area is 213 Å². The van der Waals surface area contributed by atoms with E-state index in [0.717, 1.165) is 4.47 Å². The van der Waals surface area contributed by atoms with Gasteiger partial charge in [-0.05, 0) is 61.4 Å². The fourth-order valence-corrected chi connectivity index (χ4v) is 6.32. The van der Waals surface area contributed by atoms with Crippen LogP contribution in [0, 0.1) is 0 Å². The molecule has 172 valence electrons. The summed E-state index contributed by atoms with van der Waals surface area (Å²) < 4.78 is 1.16. The third-order valence-corrected chi connectivity index (χ3v) is 7.94. The van der Waals surface area contributed by atoms with E-state index < -0.39 is 5.41 Å². The van der Waals surface area contributed by atoms with Crippen LogP contribution < -0.4 is 0 Å². The van der Waals surface area contributed by atoms with E-state index in [9.17, 15) is 0 Å². The van der Waals surface area contributed by atoms with Crippen LogP contribution in [-0.2, 0) is 16.2 Å². The number of rotatable bonds is 2. The first-order valence-electron chi connectivity index (χ1n) is 12.2. The first-order chi connectivity index (χ1) is 16.1. The Morgan fingerprint density at radius 2 is 1.12 bits per heavy atom. The third-order valence-electron chi connectivity index (χ3n) is 7.28. The molecule has 0 N–H and O–H groups in total. The molecule has 4 aromatic carbocycles. The molecular formula is C33H33Br. The molecule has 34 heavy (non-hydrogen) atoms. The van der Waals surface area contributed by atoms with E-state index in [2.05, 4.69) is 148 Å². The maximum atomic E-state index is 4.01. The van der Waals surface area contributed by atoms with Crippen LogP contribution in [0.25, 0.3) is 11.1 Å². The van der Waals surface area contributed by atoms with Crippen molar-refractivity contribution in [3.05, 3.63) is 129 Å². The van der Waals surface area contributed by atoms with Gasteiger partial charge in [0.25, 0.3) is 0 Å². The molecule has 0 nitrogen and oxygen atoms in total. The van der Waals surface area contributed by atoms with Gasteiger partial charge in [-0.15, -0.1) is 0 Å². The van der Waals surface area contributed by atoms with Crippen molar-refractivity contribution in [2.45, 2.75) is 57.8 Å². The van der Waals surface area contributed by atoms with E-state index >= 15 is 0 Å². The fourth-order valence-electron chi connectivity index (χ4n) is 5.66. The first-order valence-corrected chi connectivity index (χ1v) is 13.0. The van der Waals surface area contributed by atoms with E-state index in [0.29, 0.717) is 0 Å². The summed E-state index contributed by atoms with van der Waals surface area (Å²) >= 11 is 4.01. The Kier molecular flexibility index (Phi) is 5.41. The predicted molar refractivity (Wildman–Crippen MR) is 149 cm³/mol. The van der Waals surface area contributed by atoms with Crippen molar-refractivity contribution in [3.8, 4) is 11.1 Å². The van der Waals surface area contributed by atoms with Crippen molar-refractivity contribution in [1.29, 1.82) is 0 Å². The van der Waals surface area contributed by atoms with E-state index in [1.807, 2.05) is 0 Å². The molecule has 0 aromatic heterocycles. The Morgan fingerprint density at radius 1 is 0.559 bits per heavy atom. The van der Waals surface area contributed by atoms with Gasteiger partial charge in [0.15, 0.2) is 0 Å². The predicted octanol–water partition coefficient (Wildman–Crippen LogP) is 9.41. The topological polar surface area (TPSA) is 0 Å². The summed E-state index contributed by atoms with van der Waals surface area (Å²) in [6.07, 6.45) is 0. The van der Waals surface area contributed by atoms with Crippen molar-refractivity contribution in [2.24, 2.45) is 0 Å². The number of halogens is 1. The van der Waals surface area contributed by atoms with Crippen LogP contribution in [0.4, 0.5) is 0 Å². The zero-order valence-electron chi connectivity index (χ0n) is 21.0. The minimum absolute atomic E-state index is 0.0192. The molecule has 0 heterocycles. The lowest BCUT2D eigenvalue weighted by Crippen LogP contribution is -2.32. The largest absolute Gasteiger partial charge is 0.0727 e.